The summed E-state index contributed by atoms with van der Waals surface area (Å²) in [5.74, 6) is 1.04. The number of hydrogen-bond acceptors (Lipinski definition) is 5. The van der Waals surface area contributed by atoms with Crippen LogP contribution < -0.4 is 9.47 Å². The Labute approximate surface area is 142 Å². The lowest BCUT2D eigenvalue weighted by Crippen LogP contribution is -2.28. The Hall–Kier alpha value is -2.69. The van der Waals surface area contributed by atoms with Crippen LogP contribution in [0.5, 0.6) is 11.5 Å². The van der Waals surface area contributed by atoms with E-state index in [0.29, 0.717) is 11.4 Å². The fraction of sp³-hybridized carbons (Fsp3) is 0.316. The number of azo groups is 1. The first-order valence-electron chi connectivity index (χ1n) is 7.83. The molecule has 0 aliphatic heterocycles. The molecule has 2 rings (SSSR count). The first kappa shape index (κ1) is 17.7. The van der Waals surface area contributed by atoms with Crippen molar-refractivity contribution in [3.8, 4) is 11.5 Å². The third-order valence-corrected chi connectivity index (χ3v) is 3.84. The topological polar surface area (TPSA) is 60.2 Å². The van der Waals surface area contributed by atoms with E-state index < -0.39 is 5.41 Å². The monoisotopic (exact) mass is 326 g/mol. The largest absolute Gasteiger partial charge is 0.497 e. The van der Waals surface area contributed by atoms with Crippen molar-refractivity contribution >= 4 is 17.3 Å². The van der Waals surface area contributed by atoms with Crippen LogP contribution in [0.1, 0.15) is 27.2 Å². The van der Waals surface area contributed by atoms with Gasteiger partial charge in [0, 0.05) is 0 Å². The van der Waals surface area contributed by atoms with Gasteiger partial charge in [0.25, 0.3) is 0 Å². The molecule has 0 spiro atoms. The minimum atomic E-state index is -0.493. The van der Waals surface area contributed by atoms with Gasteiger partial charge in [0.15, 0.2) is 0 Å². The smallest absolute Gasteiger partial charge is 0.316 e. The molecule has 2 aromatic carbocycles. The van der Waals surface area contributed by atoms with E-state index in [0.717, 1.165) is 17.9 Å². The van der Waals surface area contributed by atoms with Crippen molar-refractivity contribution in [2.24, 2.45) is 15.6 Å². The Kier molecular flexibility index (Phi) is 5.68. The summed E-state index contributed by atoms with van der Waals surface area (Å²) in [6.07, 6.45) is 0.722. The zero-order valence-electron chi connectivity index (χ0n) is 14.4. The standard InChI is InChI=1S/C19H22N2O3/c1-5-19(2,3)18(22)24-17-12-8-15(9-13-17)21-20-14-6-10-16(23-4)11-7-14/h6-13H,5H2,1-4H3. The van der Waals surface area contributed by atoms with Crippen LogP contribution in [-0.4, -0.2) is 13.1 Å². The highest BCUT2D eigenvalue weighted by Gasteiger charge is 2.27. The predicted molar refractivity (Wildman–Crippen MR) is 93.3 cm³/mol. The Balaban J connectivity index is 2.01. The van der Waals surface area contributed by atoms with E-state index in [4.69, 9.17) is 9.47 Å². The minimum absolute atomic E-state index is 0.238. The number of carbonyl (C=O) groups excluding carboxylic acids is 1. The Morgan fingerprint density at radius 1 is 0.917 bits per heavy atom. The Bertz CT molecular complexity index is 704. The maximum atomic E-state index is 12.0. The zero-order valence-corrected chi connectivity index (χ0v) is 14.4. The highest BCUT2D eigenvalue weighted by Crippen LogP contribution is 2.26. The highest BCUT2D eigenvalue weighted by molar-refractivity contribution is 5.78. The highest BCUT2D eigenvalue weighted by atomic mass is 16.5. The molecule has 0 bridgehead atoms. The number of methoxy groups -OCH3 is 1. The zero-order chi connectivity index (χ0) is 17.6. The van der Waals surface area contributed by atoms with Crippen LogP contribution in [0, 0.1) is 5.41 Å². The van der Waals surface area contributed by atoms with Gasteiger partial charge in [0.2, 0.25) is 0 Å². The van der Waals surface area contributed by atoms with E-state index in [1.54, 1.807) is 31.4 Å². The maximum Gasteiger partial charge on any atom is 0.316 e. The van der Waals surface area contributed by atoms with Crippen LogP contribution in [0.4, 0.5) is 11.4 Å². The second-order valence-corrected chi connectivity index (χ2v) is 6.02. The van der Waals surface area contributed by atoms with Crippen LogP contribution in [0.2, 0.25) is 0 Å². The van der Waals surface area contributed by atoms with E-state index in [1.165, 1.54) is 0 Å². The molecule has 0 aliphatic carbocycles. The number of benzene rings is 2. The van der Waals surface area contributed by atoms with Crippen LogP contribution in [0.15, 0.2) is 58.8 Å². The summed E-state index contributed by atoms with van der Waals surface area (Å²) in [6, 6.07) is 14.2. The molecule has 5 heteroatoms. The lowest BCUT2D eigenvalue weighted by Gasteiger charge is -2.19. The van der Waals surface area contributed by atoms with Gasteiger partial charge in [-0.3, -0.25) is 4.79 Å². The van der Waals surface area contributed by atoms with Gasteiger partial charge in [-0.05, 0) is 68.8 Å². The first-order chi connectivity index (χ1) is 11.4. The molecular weight excluding hydrogens is 304 g/mol. The van der Waals surface area contributed by atoms with E-state index in [9.17, 15) is 4.79 Å². The lowest BCUT2D eigenvalue weighted by molar-refractivity contribution is -0.144. The van der Waals surface area contributed by atoms with Crippen molar-refractivity contribution < 1.29 is 14.3 Å². The van der Waals surface area contributed by atoms with E-state index in [1.807, 2.05) is 45.0 Å². The molecule has 0 unspecified atom stereocenters. The van der Waals surface area contributed by atoms with Crippen molar-refractivity contribution in [2.75, 3.05) is 7.11 Å². The Morgan fingerprint density at radius 2 is 1.38 bits per heavy atom. The molecule has 0 N–H and O–H groups in total. The second-order valence-electron chi connectivity index (χ2n) is 6.02. The molecule has 0 aliphatic rings. The third-order valence-electron chi connectivity index (χ3n) is 3.84. The molecule has 0 radical (unpaired) electrons. The SMILES string of the molecule is CCC(C)(C)C(=O)Oc1ccc(N=Nc2ccc(OC)cc2)cc1. The number of esters is 1. The van der Waals surface area contributed by atoms with Crippen molar-refractivity contribution in [1.82, 2.24) is 0 Å². The van der Waals surface area contributed by atoms with Crippen molar-refractivity contribution in [3.63, 3.8) is 0 Å². The normalized spacial score (nSPS) is 11.5. The van der Waals surface area contributed by atoms with E-state index in [-0.39, 0.29) is 5.97 Å². The summed E-state index contributed by atoms with van der Waals surface area (Å²) in [7, 11) is 1.62. The first-order valence-corrected chi connectivity index (χ1v) is 7.83. The fourth-order valence-corrected chi connectivity index (χ4v) is 1.73. The van der Waals surface area contributed by atoms with Gasteiger partial charge in [0.05, 0.1) is 23.9 Å². The van der Waals surface area contributed by atoms with Crippen LogP contribution in [0.25, 0.3) is 0 Å². The summed E-state index contributed by atoms with van der Waals surface area (Å²) in [5, 5.41) is 8.32. The molecule has 0 atom stereocenters. The summed E-state index contributed by atoms with van der Waals surface area (Å²) in [6.45, 7) is 5.70. The molecule has 126 valence electrons. The molecule has 0 saturated carbocycles. The average molecular weight is 326 g/mol. The number of carbonyl (C=O) groups is 1. The molecule has 2 aromatic rings. The number of ether oxygens (including phenoxy) is 2. The second kappa shape index (κ2) is 7.73. The quantitative estimate of drug-likeness (QED) is 0.403. The van der Waals surface area contributed by atoms with Crippen LogP contribution in [0.3, 0.4) is 0 Å². The van der Waals surface area contributed by atoms with E-state index >= 15 is 0 Å². The van der Waals surface area contributed by atoms with Gasteiger partial charge in [-0.25, -0.2) is 0 Å². The lowest BCUT2D eigenvalue weighted by atomic mass is 9.91. The molecule has 24 heavy (non-hydrogen) atoms. The molecule has 0 amide bonds. The van der Waals surface area contributed by atoms with Crippen molar-refractivity contribution in [1.29, 1.82) is 0 Å². The average Bonchev–Trinajstić information content (AvgIpc) is 2.61. The van der Waals surface area contributed by atoms with Gasteiger partial charge in [-0.2, -0.15) is 10.2 Å². The molecule has 0 aromatic heterocycles. The van der Waals surface area contributed by atoms with Crippen molar-refractivity contribution in [2.45, 2.75) is 27.2 Å². The van der Waals surface area contributed by atoms with Gasteiger partial charge in [0.1, 0.15) is 11.5 Å². The molecule has 0 heterocycles. The van der Waals surface area contributed by atoms with Crippen LogP contribution in [-0.2, 0) is 4.79 Å². The molecule has 0 saturated heterocycles. The summed E-state index contributed by atoms with van der Waals surface area (Å²) >= 11 is 0. The summed E-state index contributed by atoms with van der Waals surface area (Å²) in [4.78, 5) is 12.0. The van der Waals surface area contributed by atoms with Crippen molar-refractivity contribution in [3.05, 3.63) is 48.5 Å². The molecular formula is C19H22N2O3. The number of hydrogen-bond donors (Lipinski definition) is 0. The molecule has 5 nitrogen and oxygen atoms in total. The fourth-order valence-electron chi connectivity index (χ4n) is 1.73. The van der Waals surface area contributed by atoms with Crippen LogP contribution >= 0.6 is 0 Å². The number of rotatable bonds is 6. The maximum absolute atomic E-state index is 12.0. The Morgan fingerprint density at radius 3 is 1.79 bits per heavy atom. The summed E-state index contributed by atoms with van der Waals surface area (Å²) < 4.78 is 10.5. The van der Waals surface area contributed by atoms with Gasteiger partial charge < -0.3 is 9.47 Å². The van der Waals surface area contributed by atoms with Gasteiger partial charge in [-0.15, -0.1) is 0 Å². The van der Waals surface area contributed by atoms with Gasteiger partial charge >= 0.3 is 5.97 Å². The summed E-state index contributed by atoms with van der Waals surface area (Å²) in [5.41, 5.74) is 0.920. The van der Waals surface area contributed by atoms with E-state index in [2.05, 4.69) is 10.2 Å². The van der Waals surface area contributed by atoms with Gasteiger partial charge in [-0.1, -0.05) is 6.92 Å². The predicted octanol–water partition coefficient (Wildman–Crippen LogP) is 5.45. The minimum Gasteiger partial charge on any atom is -0.497 e. The molecule has 0 fully saturated rings. The third kappa shape index (κ3) is 4.65. The number of nitrogens with zero attached hydrogens (tertiary/aromatic N) is 2.